The van der Waals surface area contributed by atoms with E-state index in [0.717, 1.165) is 42.2 Å². The first-order valence-corrected chi connectivity index (χ1v) is 7.13. The lowest BCUT2D eigenvalue weighted by molar-refractivity contribution is 0.352. The van der Waals surface area contributed by atoms with Crippen LogP contribution in [-0.4, -0.2) is 6.61 Å². The van der Waals surface area contributed by atoms with Crippen LogP contribution in [0.2, 0.25) is 5.02 Å². The molecule has 1 aliphatic rings. The zero-order chi connectivity index (χ0) is 12.3. The van der Waals surface area contributed by atoms with Crippen LogP contribution in [0, 0.1) is 0 Å². The van der Waals surface area contributed by atoms with E-state index in [9.17, 15) is 0 Å². The molecule has 1 heterocycles. The predicted molar refractivity (Wildman–Crippen MR) is 73.4 cm³/mol. The normalized spacial score (nSPS) is 15.5. The van der Waals surface area contributed by atoms with E-state index >= 15 is 0 Å². The van der Waals surface area contributed by atoms with Crippen LogP contribution in [0.15, 0.2) is 12.1 Å². The van der Waals surface area contributed by atoms with Gasteiger partial charge in [0.2, 0.25) is 0 Å². The summed E-state index contributed by atoms with van der Waals surface area (Å²) in [6.45, 7) is 2.95. The van der Waals surface area contributed by atoms with Gasteiger partial charge in [-0.1, -0.05) is 37.8 Å². The van der Waals surface area contributed by atoms with Crippen LogP contribution in [0.25, 0.3) is 0 Å². The Labute approximate surface area is 113 Å². The van der Waals surface area contributed by atoms with E-state index in [1.165, 1.54) is 18.4 Å². The number of unbranched alkanes of at least 4 members (excludes halogenated alkanes) is 2. The molecule has 2 rings (SSSR count). The topological polar surface area (TPSA) is 9.23 Å². The lowest BCUT2D eigenvalue weighted by Gasteiger charge is -2.14. The molecule has 0 aliphatic carbocycles. The summed E-state index contributed by atoms with van der Waals surface area (Å²) in [6.07, 6.45) is 5.54. The second-order valence-electron chi connectivity index (χ2n) is 4.55. The van der Waals surface area contributed by atoms with E-state index in [1.807, 2.05) is 12.1 Å². The van der Waals surface area contributed by atoms with Gasteiger partial charge in [-0.2, -0.15) is 0 Å². The van der Waals surface area contributed by atoms with Gasteiger partial charge in [0.25, 0.3) is 0 Å². The van der Waals surface area contributed by atoms with Crippen LogP contribution in [0.4, 0.5) is 0 Å². The summed E-state index contributed by atoms with van der Waals surface area (Å²) >= 11 is 12.6. The Morgan fingerprint density at radius 3 is 2.94 bits per heavy atom. The number of benzene rings is 1. The van der Waals surface area contributed by atoms with Gasteiger partial charge in [-0.3, -0.25) is 0 Å². The van der Waals surface area contributed by atoms with Crippen LogP contribution in [0.1, 0.15) is 49.1 Å². The second kappa shape index (κ2) is 5.97. The molecule has 0 radical (unpaired) electrons. The molecule has 1 nitrogen and oxygen atoms in total. The van der Waals surface area contributed by atoms with Gasteiger partial charge in [0.1, 0.15) is 5.75 Å². The Hall–Kier alpha value is -0.400. The van der Waals surface area contributed by atoms with Crippen molar-refractivity contribution < 1.29 is 4.74 Å². The first-order chi connectivity index (χ1) is 8.22. The molecule has 1 atom stereocenters. The largest absolute Gasteiger partial charge is 0.493 e. The molecular weight excluding hydrogens is 255 g/mol. The van der Waals surface area contributed by atoms with Crippen LogP contribution in [-0.2, 0) is 6.42 Å². The average Bonchev–Trinajstić information content (AvgIpc) is 2.75. The summed E-state index contributed by atoms with van der Waals surface area (Å²) in [4.78, 5) is 0. The molecule has 1 aromatic rings. The second-order valence-corrected chi connectivity index (χ2v) is 5.51. The molecule has 0 saturated heterocycles. The van der Waals surface area contributed by atoms with Gasteiger partial charge in [-0.05, 0) is 24.1 Å². The molecule has 0 bridgehead atoms. The maximum Gasteiger partial charge on any atom is 0.127 e. The third-order valence-electron chi connectivity index (χ3n) is 3.18. The maximum atomic E-state index is 6.46. The van der Waals surface area contributed by atoms with E-state index in [2.05, 4.69) is 6.92 Å². The SMILES string of the molecule is CCCCCC(Cl)c1cc(Cl)cc2c1OCC2. The summed E-state index contributed by atoms with van der Waals surface area (Å²) in [7, 11) is 0. The zero-order valence-corrected chi connectivity index (χ0v) is 11.7. The van der Waals surface area contributed by atoms with E-state index in [0.29, 0.717) is 0 Å². The monoisotopic (exact) mass is 272 g/mol. The fraction of sp³-hybridized carbons (Fsp3) is 0.571. The molecule has 0 amide bonds. The Kier molecular flexibility index (Phi) is 4.58. The number of hydrogen-bond acceptors (Lipinski definition) is 1. The van der Waals surface area contributed by atoms with Crippen molar-refractivity contribution in [3.63, 3.8) is 0 Å². The van der Waals surface area contributed by atoms with E-state index < -0.39 is 0 Å². The summed E-state index contributed by atoms with van der Waals surface area (Å²) in [5.41, 5.74) is 2.27. The fourth-order valence-electron chi connectivity index (χ4n) is 2.26. The van der Waals surface area contributed by atoms with Gasteiger partial charge in [0, 0.05) is 17.0 Å². The standard InChI is InChI=1S/C14H18Cl2O/c1-2-3-4-5-13(16)12-9-11(15)8-10-6-7-17-14(10)12/h8-9,13H,2-7H2,1H3. The Bertz CT molecular complexity index is 390. The maximum absolute atomic E-state index is 6.46. The van der Waals surface area contributed by atoms with Crippen LogP contribution in [0.3, 0.4) is 0 Å². The van der Waals surface area contributed by atoms with E-state index in [-0.39, 0.29) is 5.38 Å². The summed E-state index contributed by atoms with van der Waals surface area (Å²) in [5.74, 6) is 0.978. The highest BCUT2D eigenvalue weighted by atomic mass is 35.5. The van der Waals surface area contributed by atoms with Crippen molar-refractivity contribution in [2.45, 2.75) is 44.4 Å². The van der Waals surface area contributed by atoms with Gasteiger partial charge in [0.15, 0.2) is 0 Å². The minimum absolute atomic E-state index is 0.0205. The number of fused-ring (bicyclic) bond motifs is 1. The summed E-state index contributed by atoms with van der Waals surface area (Å²) in [6, 6.07) is 3.94. The molecule has 0 aromatic heterocycles. The average molecular weight is 273 g/mol. The molecule has 3 heteroatoms. The molecule has 94 valence electrons. The van der Waals surface area contributed by atoms with Crippen LogP contribution in [0.5, 0.6) is 5.75 Å². The highest BCUT2D eigenvalue weighted by Crippen LogP contribution is 2.40. The number of ether oxygens (including phenoxy) is 1. The molecule has 0 N–H and O–H groups in total. The van der Waals surface area contributed by atoms with Crippen molar-refractivity contribution in [3.8, 4) is 5.75 Å². The first kappa shape index (κ1) is 13.0. The molecule has 0 saturated carbocycles. The van der Waals surface area contributed by atoms with Crippen molar-refractivity contribution >= 4 is 23.2 Å². The Morgan fingerprint density at radius 1 is 1.35 bits per heavy atom. The lowest BCUT2D eigenvalue weighted by atomic mass is 10.0. The molecular formula is C14H18Cl2O. The van der Waals surface area contributed by atoms with Gasteiger partial charge in [0.05, 0.1) is 12.0 Å². The Morgan fingerprint density at radius 2 is 2.18 bits per heavy atom. The van der Waals surface area contributed by atoms with Gasteiger partial charge >= 0.3 is 0 Å². The number of rotatable bonds is 5. The van der Waals surface area contributed by atoms with Crippen LogP contribution < -0.4 is 4.74 Å². The Balaban J connectivity index is 2.14. The van der Waals surface area contributed by atoms with Crippen molar-refractivity contribution in [1.82, 2.24) is 0 Å². The number of hydrogen-bond donors (Lipinski definition) is 0. The minimum atomic E-state index is 0.0205. The van der Waals surface area contributed by atoms with Gasteiger partial charge in [-0.25, -0.2) is 0 Å². The van der Waals surface area contributed by atoms with Crippen molar-refractivity contribution in [1.29, 1.82) is 0 Å². The number of alkyl halides is 1. The molecule has 0 fully saturated rings. The van der Waals surface area contributed by atoms with Crippen molar-refractivity contribution in [3.05, 3.63) is 28.3 Å². The van der Waals surface area contributed by atoms with Gasteiger partial charge < -0.3 is 4.74 Å². The smallest absolute Gasteiger partial charge is 0.127 e. The zero-order valence-electron chi connectivity index (χ0n) is 10.1. The molecule has 0 spiro atoms. The van der Waals surface area contributed by atoms with E-state index in [1.54, 1.807) is 0 Å². The summed E-state index contributed by atoms with van der Waals surface area (Å²) < 4.78 is 5.67. The van der Waals surface area contributed by atoms with Gasteiger partial charge in [-0.15, -0.1) is 11.6 Å². The third kappa shape index (κ3) is 3.08. The molecule has 1 aromatic carbocycles. The molecule has 17 heavy (non-hydrogen) atoms. The first-order valence-electron chi connectivity index (χ1n) is 6.31. The van der Waals surface area contributed by atoms with Crippen LogP contribution >= 0.6 is 23.2 Å². The van der Waals surface area contributed by atoms with E-state index in [4.69, 9.17) is 27.9 Å². The molecule has 1 unspecified atom stereocenters. The minimum Gasteiger partial charge on any atom is -0.493 e. The van der Waals surface area contributed by atoms with Crippen molar-refractivity contribution in [2.75, 3.05) is 6.61 Å². The third-order valence-corrected chi connectivity index (χ3v) is 3.85. The fourth-order valence-corrected chi connectivity index (χ4v) is 2.83. The molecule has 1 aliphatic heterocycles. The van der Waals surface area contributed by atoms with Crippen molar-refractivity contribution in [2.24, 2.45) is 0 Å². The quantitative estimate of drug-likeness (QED) is 0.533. The predicted octanol–water partition coefficient (Wildman–Crippen LogP) is 5.14. The highest BCUT2D eigenvalue weighted by molar-refractivity contribution is 6.31. The lowest BCUT2D eigenvalue weighted by Crippen LogP contribution is -1.96. The summed E-state index contributed by atoms with van der Waals surface area (Å²) in [5, 5.41) is 0.789. The number of halogens is 2. The highest BCUT2D eigenvalue weighted by Gasteiger charge is 2.21.